The van der Waals surface area contributed by atoms with Gasteiger partial charge in [0, 0.05) is 31.7 Å². The Kier molecular flexibility index (Phi) is 7.69. The number of nitrogens with zero attached hydrogens (tertiary/aromatic N) is 1. The highest BCUT2D eigenvalue weighted by Gasteiger charge is 2.55. The molecule has 0 radical (unpaired) electrons. The summed E-state index contributed by atoms with van der Waals surface area (Å²) in [4.78, 5) is 4.46. The Morgan fingerprint density at radius 2 is 1.73 bits per heavy atom. The van der Waals surface area contributed by atoms with Crippen LogP contribution in [0.3, 0.4) is 0 Å². The monoisotopic (exact) mass is 419 g/mol. The highest BCUT2D eigenvalue weighted by Crippen LogP contribution is 2.53. The van der Waals surface area contributed by atoms with Gasteiger partial charge in [-0.15, -0.1) is 0 Å². The highest BCUT2D eigenvalue weighted by atomic mass is 16.5. The van der Waals surface area contributed by atoms with Gasteiger partial charge in [0.1, 0.15) is 0 Å². The Balaban J connectivity index is 1.65. The van der Waals surface area contributed by atoms with Crippen molar-refractivity contribution in [1.82, 2.24) is 10.6 Å². The van der Waals surface area contributed by atoms with Crippen LogP contribution in [-0.4, -0.2) is 53.1 Å². The molecule has 0 heterocycles. The van der Waals surface area contributed by atoms with Gasteiger partial charge in [-0.05, 0) is 43.9 Å². The van der Waals surface area contributed by atoms with Crippen LogP contribution in [0.4, 0.5) is 0 Å². The number of ether oxygens (including phenoxy) is 4. The van der Waals surface area contributed by atoms with Gasteiger partial charge in [-0.3, -0.25) is 4.99 Å². The maximum atomic E-state index is 6.08. The summed E-state index contributed by atoms with van der Waals surface area (Å²) in [7, 11) is 6.68. The van der Waals surface area contributed by atoms with E-state index in [2.05, 4.69) is 22.5 Å². The van der Waals surface area contributed by atoms with E-state index in [4.69, 9.17) is 18.9 Å². The Bertz CT molecular complexity index is 706. The highest BCUT2D eigenvalue weighted by molar-refractivity contribution is 5.80. The molecule has 1 aromatic rings. The largest absolute Gasteiger partial charge is 0.493 e. The van der Waals surface area contributed by atoms with E-state index >= 15 is 0 Å². The lowest BCUT2D eigenvalue weighted by molar-refractivity contribution is -0.145. The Morgan fingerprint density at radius 1 is 1.07 bits per heavy atom. The normalized spacial score (nSPS) is 22.9. The molecular weight excluding hydrogens is 382 g/mol. The van der Waals surface area contributed by atoms with E-state index in [-0.39, 0.29) is 5.41 Å². The molecule has 0 amide bonds. The fourth-order valence-electron chi connectivity index (χ4n) is 5.05. The van der Waals surface area contributed by atoms with Crippen LogP contribution in [-0.2, 0) is 11.3 Å². The lowest BCUT2D eigenvalue weighted by Gasteiger charge is -2.57. The Labute approximate surface area is 180 Å². The fourth-order valence-corrected chi connectivity index (χ4v) is 5.05. The number of methoxy groups -OCH3 is 3. The molecule has 2 N–H and O–H groups in total. The van der Waals surface area contributed by atoms with Gasteiger partial charge in [-0.2, -0.15) is 0 Å². The smallest absolute Gasteiger partial charge is 0.203 e. The van der Waals surface area contributed by atoms with Crippen LogP contribution in [0, 0.1) is 5.41 Å². The molecule has 2 atom stereocenters. The third-order valence-corrected chi connectivity index (χ3v) is 6.66. The van der Waals surface area contributed by atoms with Gasteiger partial charge in [0.15, 0.2) is 17.5 Å². The van der Waals surface area contributed by atoms with Gasteiger partial charge < -0.3 is 29.6 Å². The molecule has 7 heteroatoms. The molecule has 168 valence electrons. The van der Waals surface area contributed by atoms with Gasteiger partial charge in [-0.25, -0.2) is 0 Å². The molecule has 1 aromatic carbocycles. The van der Waals surface area contributed by atoms with Crippen LogP contribution in [0.1, 0.15) is 51.0 Å². The van der Waals surface area contributed by atoms with E-state index in [0.29, 0.717) is 35.9 Å². The number of hydrogen-bond acceptors (Lipinski definition) is 5. The Morgan fingerprint density at radius 3 is 2.27 bits per heavy atom. The van der Waals surface area contributed by atoms with Crippen LogP contribution < -0.4 is 24.8 Å². The zero-order chi connectivity index (χ0) is 21.6. The van der Waals surface area contributed by atoms with Crippen LogP contribution in [0.5, 0.6) is 17.2 Å². The van der Waals surface area contributed by atoms with Crippen molar-refractivity contribution in [1.29, 1.82) is 0 Å². The van der Waals surface area contributed by atoms with Crippen molar-refractivity contribution >= 4 is 5.96 Å². The van der Waals surface area contributed by atoms with Crippen molar-refractivity contribution in [3.8, 4) is 17.2 Å². The summed E-state index contributed by atoms with van der Waals surface area (Å²) < 4.78 is 22.4. The number of rotatable bonds is 8. The van der Waals surface area contributed by atoms with Crippen molar-refractivity contribution in [3.05, 3.63) is 17.7 Å². The molecule has 30 heavy (non-hydrogen) atoms. The van der Waals surface area contributed by atoms with Crippen molar-refractivity contribution in [2.24, 2.45) is 10.4 Å². The summed E-state index contributed by atoms with van der Waals surface area (Å²) in [5.74, 6) is 2.71. The molecule has 2 aliphatic rings. The molecule has 1 spiro atoms. The zero-order valence-corrected chi connectivity index (χ0v) is 19.0. The maximum Gasteiger partial charge on any atom is 0.203 e. The molecule has 2 fully saturated rings. The lowest BCUT2D eigenvalue weighted by Crippen LogP contribution is -2.66. The Hall–Kier alpha value is -2.15. The van der Waals surface area contributed by atoms with Gasteiger partial charge in [0.2, 0.25) is 5.75 Å². The molecule has 0 saturated heterocycles. The predicted octanol–water partition coefficient (Wildman–Crippen LogP) is 3.51. The summed E-state index contributed by atoms with van der Waals surface area (Å²) in [5, 5.41) is 7.11. The number of guanidine groups is 1. The van der Waals surface area contributed by atoms with E-state index in [1.165, 1.54) is 32.1 Å². The van der Waals surface area contributed by atoms with Crippen molar-refractivity contribution in [2.45, 2.75) is 64.1 Å². The van der Waals surface area contributed by atoms with Crippen molar-refractivity contribution in [2.75, 3.05) is 35.0 Å². The second-order valence-electron chi connectivity index (χ2n) is 8.13. The lowest BCUT2D eigenvalue weighted by atomic mass is 9.55. The quantitative estimate of drug-likeness (QED) is 0.496. The first-order valence-electron chi connectivity index (χ1n) is 11.0. The molecule has 0 aromatic heterocycles. The molecule has 2 aliphatic carbocycles. The predicted molar refractivity (Wildman–Crippen MR) is 119 cm³/mol. The molecule has 0 bridgehead atoms. The number of nitrogens with one attached hydrogen (secondary N) is 2. The van der Waals surface area contributed by atoms with E-state index in [0.717, 1.165) is 24.6 Å². The van der Waals surface area contributed by atoms with E-state index in [1.807, 2.05) is 19.2 Å². The minimum atomic E-state index is 0.248. The van der Waals surface area contributed by atoms with Crippen LogP contribution in [0.25, 0.3) is 0 Å². The average molecular weight is 420 g/mol. The molecule has 2 unspecified atom stereocenters. The summed E-state index contributed by atoms with van der Waals surface area (Å²) >= 11 is 0. The SMILES string of the molecule is CCOC1CC(NC(=NC)NCc2cc(OC)c(OC)c(OC)c2)C12CCCCC2. The second-order valence-corrected chi connectivity index (χ2v) is 8.13. The average Bonchev–Trinajstić information content (AvgIpc) is 2.80. The molecule has 3 rings (SSSR count). The van der Waals surface area contributed by atoms with E-state index < -0.39 is 0 Å². The standard InChI is InChI=1S/C23H37N3O4/c1-6-30-20-14-19(23(20)10-8-7-9-11-23)26-22(24-2)25-15-16-12-17(27-3)21(29-5)18(13-16)28-4/h12-13,19-20H,6-11,14-15H2,1-5H3,(H2,24,25,26). The summed E-state index contributed by atoms with van der Waals surface area (Å²) in [5.41, 5.74) is 1.28. The molecule has 7 nitrogen and oxygen atoms in total. The van der Waals surface area contributed by atoms with Crippen molar-refractivity contribution < 1.29 is 18.9 Å². The van der Waals surface area contributed by atoms with Crippen LogP contribution in [0.15, 0.2) is 17.1 Å². The molecule has 0 aliphatic heterocycles. The number of benzene rings is 1. The first-order chi connectivity index (χ1) is 14.6. The first-order valence-corrected chi connectivity index (χ1v) is 11.0. The third kappa shape index (κ3) is 4.46. The second kappa shape index (κ2) is 10.2. The van der Waals surface area contributed by atoms with Gasteiger partial charge in [0.05, 0.1) is 27.4 Å². The zero-order valence-electron chi connectivity index (χ0n) is 19.0. The van der Waals surface area contributed by atoms with E-state index in [1.54, 1.807) is 21.3 Å². The summed E-state index contributed by atoms with van der Waals surface area (Å²) in [6.07, 6.45) is 7.80. The maximum absolute atomic E-state index is 6.08. The van der Waals surface area contributed by atoms with Gasteiger partial charge >= 0.3 is 0 Å². The molecule has 2 saturated carbocycles. The fraction of sp³-hybridized carbons (Fsp3) is 0.696. The minimum Gasteiger partial charge on any atom is -0.493 e. The van der Waals surface area contributed by atoms with Gasteiger partial charge in [0.25, 0.3) is 0 Å². The third-order valence-electron chi connectivity index (χ3n) is 6.66. The van der Waals surface area contributed by atoms with E-state index in [9.17, 15) is 0 Å². The molecular formula is C23H37N3O4. The summed E-state index contributed by atoms with van der Waals surface area (Å²) in [6, 6.07) is 4.32. The minimum absolute atomic E-state index is 0.248. The number of aliphatic imine (C=N–C) groups is 1. The number of hydrogen-bond donors (Lipinski definition) is 2. The van der Waals surface area contributed by atoms with Crippen LogP contribution in [0.2, 0.25) is 0 Å². The first kappa shape index (κ1) is 22.5. The van der Waals surface area contributed by atoms with Gasteiger partial charge in [-0.1, -0.05) is 19.3 Å². The van der Waals surface area contributed by atoms with Crippen LogP contribution >= 0.6 is 0 Å². The summed E-state index contributed by atoms with van der Waals surface area (Å²) in [6.45, 7) is 3.48. The topological polar surface area (TPSA) is 73.3 Å². The van der Waals surface area contributed by atoms with Crippen molar-refractivity contribution in [3.63, 3.8) is 0 Å².